The van der Waals surface area contributed by atoms with Gasteiger partial charge in [0.25, 0.3) is 5.56 Å². The molecule has 4 rings (SSSR count). The topological polar surface area (TPSA) is 129 Å². The number of fused-ring (bicyclic) bond motifs is 1. The maximum atomic E-state index is 13.9. The summed E-state index contributed by atoms with van der Waals surface area (Å²) in [6, 6.07) is 13.0. The Hall–Kier alpha value is -4.25. The van der Waals surface area contributed by atoms with Crippen LogP contribution in [0.15, 0.2) is 59.5 Å². The van der Waals surface area contributed by atoms with Gasteiger partial charge in [-0.05, 0) is 17.7 Å². The van der Waals surface area contributed by atoms with Crippen molar-refractivity contribution in [2.24, 2.45) is 11.8 Å². The number of rotatable bonds is 7. The minimum Gasteiger partial charge on any atom is -0.469 e. The number of hydrogen-bond donors (Lipinski definition) is 1. The molecule has 200 valence electrons. The van der Waals surface area contributed by atoms with Crippen LogP contribution in [0.5, 0.6) is 0 Å². The predicted octanol–water partition coefficient (Wildman–Crippen LogP) is 1.14. The third-order valence-electron chi connectivity index (χ3n) is 6.95. The zero-order valence-electron chi connectivity index (χ0n) is 21.8. The molecule has 0 aliphatic carbocycles. The van der Waals surface area contributed by atoms with Gasteiger partial charge in [-0.25, -0.2) is 4.98 Å². The van der Waals surface area contributed by atoms with E-state index in [1.165, 1.54) is 25.7 Å². The van der Waals surface area contributed by atoms with Crippen LogP contribution in [0.1, 0.15) is 17.2 Å². The van der Waals surface area contributed by atoms with Crippen LogP contribution in [-0.2, 0) is 35.0 Å². The normalized spacial score (nSPS) is 22.6. The first-order valence-electron chi connectivity index (χ1n) is 11.9. The van der Waals surface area contributed by atoms with Crippen molar-refractivity contribution in [1.29, 1.82) is 0 Å². The summed E-state index contributed by atoms with van der Waals surface area (Å²) in [7, 11) is 6.97. The average Bonchev–Trinajstić information content (AvgIpc) is 3.27. The number of aromatic nitrogens is 2. The number of pyridine rings is 1. The number of carbonyl (C=O) groups is 3. The molecular formula is C27H30N4O7. The number of ether oxygens (including phenoxy) is 3. The van der Waals surface area contributed by atoms with Crippen LogP contribution in [0.4, 0.5) is 5.82 Å². The van der Waals surface area contributed by atoms with E-state index in [1.807, 2.05) is 6.07 Å². The first-order chi connectivity index (χ1) is 18.2. The lowest BCUT2D eigenvalue weighted by atomic mass is 9.74. The van der Waals surface area contributed by atoms with Gasteiger partial charge in [-0.15, -0.1) is 0 Å². The minimum atomic E-state index is -1.76. The molecule has 0 amide bonds. The lowest BCUT2D eigenvalue weighted by Crippen LogP contribution is -2.57. The Morgan fingerprint density at radius 3 is 2.24 bits per heavy atom. The average molecular weight is 523 g/mol. The molecule has 1 aliphatic heterocycles. The van der Waals surface area contributed by atoms with Crippen LogP contribution < -0.4 is 15.8 Å². The number of methoxy groups -OCH3 is 3. The second-order valence-electron chi connectivity index (χ2n) is 9.27. The standard InChI is InChI=1S/C27H30N4O7/c1-30(2)22-19(23(32)31-14-10-9-13-17(31)28-22)21-18(24(33)36-3)20(25(34)37-4)27(29-21,26(35)38-5)15-16-11-7-6-8-12-16/h6-14,18,20-21,29H,15H2,1-5H3/t18-,20+,21-,27+/m1/s1. The second kappa shape index (κ2) is 10.6. The van der Waals surface area contributed by atoms with E-state index in [-0.39, 0.29) is 17.8 Å². The van der Waals surface area contributed by atoms with Crippen LogP contribution in [-0.4, -0.2) is 68.3 Å². The summed E-state index contributed by atoms with van der Waals surface area (Å²) >= 11 is 0. The fourth-order valence-corrected chi connectivity index (χ4v) is 5.31. The summed E-state index contributed by atoms with van der Waals surface area (Å²) in [4.78, 5) is 60.5. The Balaban J connectivity index is 2.05. The highest BCUT2D eigenvalue weighted by molar-refractivity contribution is 5.94. The Kier molecular flexibility index (Phi) is 7.49. The van der Waals surface area contributed by atoms with E-state index in [9.17, 15) is 19.2 Å². The second-order valence-corrected chi connectivity index (χ2v) is 9.27. The molecule has 1 aliphatic rings. The molecule has 2 aromatic heterocycles. The van der Waals surface area contributed by atoms with E-state index in [1.54, 1.807) is 67.7 Å². The third kappa shape index (κ3) is 4.38. The molecule has 1 aromatic carbocycles. The number of esters is 3. The Bertz CT molecular complexity index is 1420. The molecular weight excluding hydrogens is 492 g/mol. The summed E-state index contributed by atoms with van der Waals surface area (Å²) < 4.78 is 16.8. The molecule has 4 atom stereocenters. The molecule has 0 unspecified atom stereocenters. The third-order valence-corrected chi connectivity index (χ3v) is 6.95. The molecule has 1 saturated heterocycles. The lowest BCUT2D eigenvalue weighted by molar-refractivity contribution is -0.164. The number of carbonyl (C=O) groups excluding carboxylic acids is 3. The van der Waals surface area contributed by atoms with Crippen molar-refractivity contribution in [2.75, 3.05) is 40.3 Å². The van der Waals surface area contributed by atoms with Gasteiger partial charge in [0.1, 0.15) is 22.9 Å². The van der Waals surface area contributed by atoms with Crippen molar-refractivity contribution in [3.8, 4) is 0 Å². The quantitative estimate of drug-likeness (QED) is 0.356. The largest absolute Gasteiger partial charge is 0.469 e. The maximum absolute atomic E-state index is 13.9. The molecule has 11 heteroatoms. The van der Waals surface area contributed by atoms with E-state index in [4.69, 9.17) is 14.2 Å². The van der Waals surface area contributed by atoms with Crippen molar-refractivity contribution in [2.45, 2.75) is 18.0 Å². The highest BCUT2D eigenvalue weighted by Crippen LogP contribution is 2.47. The Morgan fingerprint density at radius 1 is 0.974 bits per heavy atom. The zero-order valence-corrected chi connectivity index (χ0v) is 21.8. The van der Waals surface area contributed by atoms with Gasteiger partial charge in [0.2, 0.25) is 0 Å². The first-order valence-corrected chi connectivity index (χ1v) is 11.9. The predicted molar refractivity (Wildman–Crippen MR) is 138 cm³/mol. The van der Waals surface area contributed by atoms with Gasteiger partial charge in [0.05, 0.1) is 38.9 Å². The van der Waals surface area contributed by atoms with Gasteiger partial charge in [0.15, 0.2) is 0 Å². The molecule has 3 heterocycles. The van der Waals surface area contributed by atoms with E-state index in [0.717, 1.165) is 0 Å². The van der Waals surface area contributed by atoms with E-state index in [2.05, 4.69) is 10.3 Å². The highest BCUT2D eigenvalue weighted by Gasteiger charge is 2.65. The number of hydrogen-bond acceptors (Lipinski definition) is 10. The van der Waals surface area contributed by atoms with Crippen molar-refractivity contribution < 1.29 is 28.6 Å². The molecule has 0 radical (unpaired) electrons. The van der Waals surface area contributed by atoms with Crippen LogP contribution >= 0.6 is 0 Å². The van der Waals surface area contributed by atoms with Crippen LogP contribution in [0, 0.1) is 11.8 Å². The summed E-state index contributed by atoms with van der Waals surface area (Å²) in [6.07, 6.45) is 1.54. The fourth-order valence-electron chi connectivity index (χ4n) is 5.31. The molecule has 0 spiro atoms. The molecule has 11 nitrogen and oxygen atoms in total. The Labute approximate surface area is 219 Å². The van der Waals surface area contributed by atoms with Gasteiger partial charge in [0, 0.05) is 26.7 Å². The van der Waals surface area contributed by atoms with E-state index >= 15 is 0 Å². The Morgan fingerprint density at radius 2 is 1.63 bits per heavy atom. The minimum absolute atomic E-state index is 0.0239. The first kappa shape index (κ1) is 26.8. The van der Waals surface area contributed by atoms with Crippen molar-refractivity contribution >= 4 is 29.4 Å². The molecule has 38 heavy (non-hydrogen) atoms. The molecule has 0 saturated carbocycles. The van der Waals surface area contributed by atoms with Gasteiger partial charge in [-0.2, -0.15) is 0 Å². The molecule has 1 fully saturated rings. The maximum Gasteiger partial charge on any atom is 0.327 e. The van der Waals surface area contributed by atoms with E-state index < -0.39 is 46.9 Å². The number of nitrogens with zero attached hydrogens (tertiary/aromatic N) is 3. The highest BCUT2D eigenvalue weighted by atomic mass is 16.5. The number of benzene rings is 1. The smallest absolute Gasteiger partial charge is 0.327 e. The zero-order chi connectivity index (χ0) is 27.6. The summed E-state index contributed by atoms with van der Waals surface area (Å²) in [6.45, 7) is 0. The van der Waals surface area contributed by atoms with Crippen LogP contribution in [0.2, 0.25) is 0 Å². The number of nitrogens with one attached hydrogen (secondary N) is 1. The summed E-state index contributed by atoms with van der Waals surface area (Å²) in [5.41, 5.74) is -1.04. The SMILES string of the molecule is COC(=O)[C@@H]1[C@@H](C(=O)OC)[C@@](Cc2ccccc2)(C(=O)OC)N[C@H]1c1c(N(C)C)nc2ccccn2c1=O. The van der Waals surface area contributed by atoms with Crippen molar-refractivity contribution in [3.05, 3.63) is 76.2 Å². The van der Waals surface area contributed by atoms with E-state index in [0.29, 0.717) is 11.2 Å². The fraction of sp³-hybridized carbons (Fsp3) is 0.370. The molecule has 1 N–H and O–H groups in total. The van der Waals surface area contributed by atoms with Gasteiger partial charge >= 0.3 is 17.9 Å². The molecule has 0 bridgehead atoms. The summed E-state index contributed by atoms with van der Waals surface area (Å²) in [5, 5.41) is 3.20. The van der Waals surface area contributed by atoms with Crippen molar-refractivity contribution in [1.82, 2.24) is 14.7 Å². The van der Waals surface area contributed by atoms with Gasteiger partial charge in [-0.1, -0.05) is 36.4 Å². The van der Waals surface area contributed by atoms with Gasteiger partial charge < -0.3 is 19.1 Å². The van der Waals surface area contributed by atoms with Crippen molar-refractivity contribution in [3.63, 3.8) is 0 Å². The summed E-state index contributed by atoms with van der Waals surface area (Å²) in [5.74, 6) is -4.82. The van der Waals surface area contributed by atoms with Crippen LogP contribution in [0.25, 0.3) is 5.65 Å². The monoisotopic (exact) mass is 522 g/mol. The van der Waals surface area contributed by atoms with Crippen LogP contribution in [0.3, 0.4) is 0 Å². The lowest BCUT2D eigenvalue weighted by Gasteiger charge is -2.32. The number of anilines is 1. The molecule has 3 aromatic rings. The van der Waals surface area contributed by atoms with Gasteiger partial charge in [-0.3, -0.25) is 28.9 Å².